The van der Waals surface area contributed by atoms with E-state index in [1.165, 1.54) is 23.0 Å². The summed E-state index contributed by atoms with van der Waals surface area (Å²) in [6, 6.07) is 2.98. The SMILES string of the molecule is Cn1cc(-c2nc(-c3ccc(C(F)(F)F)nc3)cc3c(=O)n([C@H]4COC[C@H]4O)cnc23)cn1. The first-order valence-electron chi connectivity index (χ1n) is 9.92. The van der Waals surface area contributed by atoms with E-state index < -0.39 is 29.6 Å². The molecule has 0 spiro atoms. The molecule has 9 nitrogen and oxygen atoms in total. The van der Waals surface area contributed by atoms with Crippen molar-refractivity contribution in [1.29, 1.82) is 0 Å². The summed E-state index contributed by atoms with van der Waals surface area (Å²) in [5.74, 6) is 0. The van der Waals surface area contributed by atoms with Gasteiger partial charge >= 0.3 is 6.18 Å². The van der Waals surface area contributed by atoms with Crippen molar-refractivity contribution in [2.24, 2.45) is 7.05 Å². The molecule has 1 N–H and O–H groups in total. The summed E-state index contributed by atoms with van der Waals surface area (Å²) in [6.07, 6.45) is 0.219. The monoisotopic (exact) mass is 458 g/mol. The minimum Gasteiger partial charge on any atom is -0.388 e. The second kappa shape index (κ2) is 7.74. The number of rotatable bonds is 3. The Balaban J connectivity index is 1.72. The van der Waals surface area contributed by atoms with E-state index in [4.69, 9.17) is 4.74 Å². The minimum absolute atomic E-state index is 0.106. The summed E-state index contributed by atoms with van der Waals surface area (Å²) in [5.41, 5.74) is 0.334. The molecule has 1 saturated heterocycles. The summed E-state index contributed by atoms with van der Waals surface area (Å²) >= 11 is 0. The predicted octanol–water partition coefficient (Wildman–Crippen LogP) is 2.20. The molecule has 2 atom stereocenters. The average molecular weight is 458 g/mol. The van der Waals surface area contributed by atoms with Crippen LogP contribution in [-0.4, -0.2) is 53.7 Å². The maximum absolute atomic E-state index is 13.4. The zero-order valence-electron chi connectivity index (χ0n) is 17.2. The largest absolute Gasteiger partial charge is 0.433 e. The summed E-state index contributed by atoms with van der Waals surface area (Å²) in [4.78, 5) is 25.8. The highest BCUT2D eigenvalue weighted by molar-refractivity contribution is 5.93. The molecule has 0 bridgehead atoms. The molecule has 0 unspecified atom stereocenters. The lowest BCUT2D eigenvalue weighted by atomic mass is 10.1. The van der Waals surface area contributed by atoms with Gasteiger partial charge in [-0.3, -0.25) is 19.0 Å². The van der Waals surface area contributed by atoms with Crippen LogP contribution in [-0.2, 0) is 18.0 Å². The van der Waals surface area contributed by atoms with Gasteiger partial charge in [-0.25, -0.2) is 9.97 Å². The molecular formula is C21H17F3N6O3. The number of aryl methyl sites for hydroxylation is 1. The van der Waals surface area contributed by atoms with Gasteiger partial charge < -0.3 is 9.84 Å². The molecule has 0 aliphatic carbocycles. The molecular weight excluding hydrogens is 441 g/mol. The van der Waals surface area contributed by atoms with Crippen LogP contribution in [0.5, 0.6) is 0 Å². The lowest BCUT2D eigenvalue weighted by molar-refractivity contribution is -0.141. The molecule has 1 aliphatic heterocycles. The summed E-state index contributed by atoms with van der Waals surface area (Å²) in [5, 5.41) is 14.5. The Labute approximate surface area is 184 Å². The molecule has 5 heterocycles. The number of aliphatic hydroxyl groups excluding tert-OH is 1. The Morgan fingerprint density at radius 3 is 2.58 bits per heavy atom. The normalized spacial score (nSPS) is 18.8. The van der Waals surface area contributed by atoms with Crippen molar-refractivity contribution in [1.82, 2.24) is 29.3 Å². The third-order valence-electron chi connectivity index (χ3n) is 5.48. The van der Waals surface area contributed by atoms with Crippen LogP contribution in [0.15, 0.2) is 47.9 Å². The number of alkyl halides is 3. The third kappa shape index (κ3) is 3.76. The van der Waals surface area contributed by atoms with E-state index in [9.17, 15) is 23.1 Å². The number of fused-ring (bicyclic) bond motifs is 1. The van der Waals surface area contributed by atoms with Crippen molar-refractivity contribution >= 4 is 10.9 Å². The van der Waals surface area contributed by atoms with Gasteiger partial charge in [0.05, 0.1) is 42.9 Å². The third-order valence-corrected chi connectivity index (χ3v) is 5.48. The Hall–Kier alpha value is -3.64. The summed E-state index contributed by atoms with van der Waals surface area (Å²) in [6.45, 7) is 0.263. The molecule has 12 heteroatoms. The van der Waals surface area contributed by atoms with Crippen molar-refractivity contribution in [2.75, 3.05) is 13.2 Å². The van der Waals surface area contributed by atoms with Crippen LogP contribution in [0.1, 0.15) is 11.7 Å². The van der Waals surface area contributed by atoms with E-state index >= 15 is 0 Å². The number of nitrogens with zero attached hydrogens (tertiary/aromatic N) is 6. The second-order valence-corrected chi connectivity index (χ2v) is 7.71. The van der Waals surface area contributed by atoms with E-state index in [1.54, 1.807) is 24.1 Å². The Morgan fingerprint density at radius 1 is 1.15 bits per heavy atom. The van der Waals surface area contributed by atoms with Gasteiger partial charge in [0.1, 0.15) is 23.0 Å². The van der Waals surface area contributed by atoms with Crippen LogP contribution in [0.25, 0.3) is 33.4 Å². The topological polar surface area (TPSA) is 108 Å². The Morgan fingerprint density at radius 2 is 1.97 bits per heavy atom. The minimum atomic E-state index is -4.57. The molecule has 1 aliphatic rings. The van der Waals surface area contributed by atoms with Gasteiger partial charge in [-0.2, -0.15) is 18.3 Å². The number of ether oxygens (including phenoxy) is 1. The number of pyridine rings is 2. The van der Waals surface area contributed by atoms with Gasteiger partial charge in [-0.1, -0.05) is 0 Å². The molecule has 4 aromatic heterocycles. The molecule has 0 amide bonds. The van der Waals surface area contributed by atoms with Crippen molar-refractivity contribution < 1.29 is 23.0 Å². The van der Waals surface area contributed by atoms with Gasteiger partial charge in [0.15, 0.2) is 0 Å². The van der Waals surface area contributed by atoms with Crippen LogP contribution in [0.2, 0.25) is 0 Å². The van der Waals surface area contributed by atoms with Crippen molar-refractivity contribution in [3.63, 3.8) is 0 Å². The van der Waals surface area contributed by atoms with Crippen molar-refractivity contribution in [2.45, 2.75) is 18.3 Å². The number of aromatic nitrogens is 6. The highest BCUT2D eigenvalue weighted by atomic mass is 19.4. The maximum Gasteiger partial charge on any atom is 0.433 e. The van der Waals surface area contributed by atoms with Gasteiger partial charge in [0.2, 0.25) is 0 Å². The van der Waals surface area contributed by atoms with E-state index in [0.717, 1.165) is 12.3 Å². The van der Waals surface area contributed by atoms with Gasteiger partial charge in [-0.15, -0.1) is 0 Å². The zero-order valence-corrected chi connectivity index (χ0v) is 17.2. The first-order chi connectivity index (χ1) is 15.7. The van der Waals surface area contributed by atoms with Gasteiger partial charge in [-0.05, 0) is 18.2 Å². The fourth-order valence-electron chi connectivity index (χ4n) is 3.78. The highest BCUT2D eigenvalue weighted by Gasteiger charge is 2.32. The Kier molecular flexibility index (Phi) is 4.98. The Bertz CT molecular complexity index is 1400. The predicted molar refractivity (Wildman–Crippen MR) is 110 cm³/mol. The van der Waals surface area contributed by atoms with Crippen molar-refractivity contribution in [3.05, 3.63) is 59.2 Å². The summed E-state index contributed by atoms with van der Waals surface area (Å²) in [7, 11) is 1.72. The number of hydrogen-bond acceptors (Lipinski definition) is 7. The quantitative estimate of drug-likeness (QED) is 0.502. The zero-order chi connectivity index (χ0) is 23.3. The highest BCUT2D eigenvalue weighted by Crippen LogP contribution is 2.31. The number of halogens is 3. The first-order valence-corrected chi connectivity index (χ1v) is 9.92. The molecule has 1 fully saturated rings. The standard InChI is InChI=1S/C21H17F3N6O3/c1-29-7-12(6-27-29)18-19-13(20(32)30(10-26-19)15-8-33-9-16(15)31)4-14(28-18)11-2-3-17(25-5-11)21(22,23)24/h2-7,10,15-16,31H,8-9H2,1H3/t15-,16+/m0/s1. The van der Waals surface area contributed by atoms with E-state index in [2.05, 4.69) is 20.1 Å². The van der Waals surface area contributed by atoms with Crippen LogP contribution in [0.4, 0.5) is 13.2 Å². The molecule has 4 aromatic rings. The number of hydrogen-bond donors (Lipinski definition) is 1. The van der Waals surface area contributed by atoms with Gasteiger partial charge in [0.25, 0.3) is 5.56 Å². The summed E-state index contributed by atoms with van der Waals surface area (Å²) < 4.78 is 46.9. The first kappa shape index (κ1) is 21.2. The second-order valence-electron chi connectivity index (χ2n) is 7.71. The van der Waals surface area contributed by atoms with Crippen molar-refractivity contribution in [3.8, 4) is 22.5 Å². The van der Waals surface area contributed by atoms with E-state index in [1.807, 2.05) is 0 Å². The lowest BCUT2D eigenvalue weighted by Gasteiger charge is -2.17. The smallest absolute Gasteiger partial charge is 0.388 e. The average Bonchev–Trinajstić information content (AvgIpc) is 3.41. The molecule has 5 rings (SSSR count). The van der Waals surface area contributed by atoms with E-state index in [-0.39, 0.29) is 24.3 Å². The number of aliphatic hydroxyl groups is 1. The van der Waals surface area contributed by atoms with Gasteiger partial charge in [0, 0.05) is 30.6 Å². The molecule has 0 radical (unpaired) electrons. The fraction of sp³-hybridized carbons (Fsp3) is 0.286. The molecule has 33 heavy (non-hydrogen) atoms. The molecule has 170 valence electrons. The lowest BCUT2D eigenvalue weighted by Crippen LogP contribution is -2.32. The molecule has 0 aromatic carbocycles. The molecule has 0 saturated carbocycles. The van der Waals surface area contributed by atoms with Crippen LogP contribution < -0.4 is 5.56 Å². The van der Waals surface area contributed by atoms with Crippen LogP contribution >= 0.6 is 0 Å². The van der Waals surface area contributed by atoms with Crippen LogP contribution in [0.3, 0.4) is 0 Å². The maximum atomic E-state index is 13.4. The van der Waals surface area contributed by atoms with E-state index in [0.29, 0.717) is 22.3 Å². The van der Waals surface area contributed by atoms with Crippen LogP contribution in [0, 0.1) is 0 Å². The fourth-order valence-corrected chi connectivity index (χ4v) is 3.78.